The molecule has 1 aromatic heterocycles. The van der Waals surface area contributed by atoms with Gasteiger partial charge in [-0.3, -0.25) is 0 Å². The van der Waals surface area contributed by atoms with Crippen molar-refractivity contribution in [2.45, 2.75) is 0 Å². The Kier molecular flexibility index (Phi) is 4.60. The van der Waals surface area contributed by atoms with Gasteiger partial charge in [0, 0.05) is 23.2 Å². The number of carbonyl (C=O) groups is 2. The number of methoxy groups -OCH3 is 2. The molecule has 120 valence electrons. The Morgan fingerprint density at radius 2 is 1.70 bits per heavy atom. The van der Waals surface area contributed by atoms with E-state index in [0.29, 0.717) is 22.4 Å². The van der Waals surface area contributed by atoms with E-state index in [1.807, 2.05) is 0 Å². The summed E-state index contributed by atoms with van der Waals surface area (Å²) < 4.78 is 10.3. The summed E-state index contributed by atoms with van der Waals surface area (Å²) in [5.74, 6) is -2.73. The normalized spacial score (nSPS) is 10.0. The van der Waals surface area contributed by atoms with Crippen LogP contribution in [0.3, 0.4) is 0 Å². The molecule has 0 fully saturated rings. The second-order valence-electron chi connectivity index (χ2n) is 4.22. The van der Waals surface area contributed by atoms with Crippen molar-refractivity contribution in [1.29, 1.82) is 0 Å². The van der Waals surface area contributed by atoms with Gasteiger partial charge in [-0.05, 0) is 6.07 Å². The van der Waals surface area contributed by atoms with E-state index in [4.69, 9.17) is 9.47 Å². The topological polar surface area (TPSA) is 137 Å². The van der Waals surface area contributed by atoms with Crippen LogP contribution in [0.25, 0.3) is 10.9 Å². The van der Waals surface area contributed by atoms with Crippen molar-refractivity contribution in [3.63, 3.8) is 0 Å². The van der Waals surface area contributed by atoms with Crippen molar-refractivity contribution in [2.75, 3.05) is 19.5 Å². The van der Waals surface area contributed by atoms with Crippen molar-refractivity contribution in [3.05, 3.63) is 30.2 Å². The van der Waals surface area contributed by atoms with Crippen molar-refractivity contribution >= 4 is 28.7 Å². The number of carboxylic acid groups (broad SMARTS) is 2. The van der Waals surface area contributed by atoms with Gasteiger partial charge in [-0.2, -0.15) is 0 Å². The van der Waals surface area contributed by atoms with Crippen LogP contribution in [-0.4, -0.2) is 36.1 Å². The second kappa shape index (κ2) is 6.60. The van der Waals surface area contributed by atoms with E-state index in [0.717, 1.165) is 6.20 Å². The molecule has 0 aliphatic heterocycles. The lowest BCUT2D eigenvalue weighted by molar-refractivity contribution is -0.312. The Bertz CT molecular complexity index is 786. The van der Waals surface area contributed by atoms with Crippen LogP contribution in [0.1, 0.15) is 0 Å². The molecule has 0 bridgehead atoms. The number of hydrogen-bond donors (Lipinski definition) is 1. The van der Waals surface area contributed by atoms with E-state index < -0.39 is 17.5 Å². The first-order valence-electron chi connectivity index (χ1n) is 6.24. The number of aliphatic carboxylic acids is 2. The largest absolute Gasteiger partial charge is 0.545 e. The molecule has 9 nitrogen and oxygen atoms in total. The maximum atomic E-state index is 10.7. The minimum absolute atomic E-state index is 0.177. The van der Waals surface area contributed by atoms with Gasteiger partial charge in [0.1, 0.15) is 12.1 Å². The first-order chi connectivity index (χ1) is 11.0. The molecule has 0 aliphatic carbocycles. The van der Waals surface area contributed by atoms with Gasteiger partial charge in [0.05, 0.1) is 31.7 Å². The fourth-order valence-corrected chi connectivity index (χ4v) is 1.84. The zero-order valence-electron chi connectivity index (χ0n) is 12.2. The van der Waals surface area contributed by atoms with Crippen LogP contribution < -0.4 is 25.0 Å². The van der Waals surface area contributed by atoms with Crippen LogP contribution in [0.5, 0.6) is 11.5 Å². The standard InChI is InChI=1S/C14H13N3O6/c1-22-10-3-7-9(4-11(10)23-2)16-6-17-12(7)15-5-8(13(18)19)14(20)21/h3-6H,1-2H3,(H,18,19)(H,20,21)(H,15,16,17)/p-2. The first-order valence-corrected chi connectivity index (χ1v) is 6.24. The van der Waals surface area contributed by atoms with Crippen LogP contribution in [0.15, 0.2) is 30.2 Å². The van der Waals surface area contributed by atoms with Gasteiger partial charge < -0.3 is 34.6 Å². The SMILES string of the molecule is COc1cc2ncnc(NC=C(C(=O)[O-])C(=O)[O-])c2cc1OC. The number of aromatic nitrogens is 2. The van der Waals surface area contributed by atoms with Crippen LogP contribution in [0, 0.1) is 0 Å². The number of rotatable bonds is 6. The molecule has 1 N–H and O–H groups in total. The van der Waals surface area contributed by atoms with Crippen LogP contribution >= 0.6 is 0 Å². The predicted octanol–water partition coefficient (Wildman–Crippen LogP) is -1.56. The van der Waals surface area contributed by atoms with Crippen molar-refractivity contribution in [1.82, 2.24) is 9.97 Å². The molecular formula is C14H11N3O6-2. The quantitative estimate of drug-likeness (QED) is 0.381. The van der Waals surface area contributed by atoms with Gasteiger partial charge in [0.15, 0.2) is 11.5 Å². The molecule has 1 aromatic carbocycles. The zero-order chi connectivity index (χ0) is 17.0. The molecule has 2 aromatic rings. The molecule has 0 saturated carbocycles. The molecule has 0 radical (unpaired) electrons. The Morgan fingerprint density at radius 3 is 2.26 bits per heavy atom. The summed E-state index contributed by atoms with van der Waals surface area (Å²) in [4.78, 5) is 29.4. The number of nitrogens with zero attached hydrogens (tertiary/aromatic N) is 2. The zero-order valence-corrected chi connectivity index (χ0v) is 12.2. The summed E-state index contributed by atoms with van der Waals surface area (Å²) in [6, 6.07) is 3.17. The van der Waals surface area contributed by atoms with Crippen molar-refractivity contribution in [2.24, 2.45) is 0 Å². The molecule has 2 rings (SSSR count). The maximum absolute atomic E-state index is 10.7. The lowest BCUT2D eigenvalue weighted by Crippen LogP contribution is -2.36. The molecule has 0 spiro atoms. The second-order valence-corrected chi connectivity index (χ2v) is 4.22. The summed E-state index contributed by atoms with van der Waals surface area (Å²) >= 11 is 0. The van der Waals surface area contributed by atoms with Gasteiger partial charge in [-0.25, -0.2) is 9.97 Å². The molecule has 0 atom stereocenters. The van der Waals surface area contributed by atoms with Gasteiger partial charge in [-0.1, -0.05) is 0 Å². The lowest BCUT2D eigenvalue weighted by Gasteiger charge is -2.12. The molecule has 0 amide bonds. The summed E-state index contributed by atoms with van der Waals surface area (Å²) in [6.45, 7) is 0. The fraction of sp³-hybridized carbons (Fsp3) is 0.143. The number of nitrogens with one attached hydrogen (secondary N) is 1. The highest BCUT2D eigenvalue weighted by atomic mass is 16.5. The third-order valence-corrected chi connectivity index (χ3v) is 2.93. The van der Waals surface area contributed by atoms with Gasteiger partial charge in [0.2, 0.25) is 0 Å². The van der Waals surface area contributed by atoms with Crippen molar-refractivity contribution in [3.8, 4) is 11.5 Å². The van der Waals surface area contributed by atoms with E-state index in [9.17, 15) is 19.8 Å². The number of ether oxygens (including phenoxy) is 2. The molecule has 1 heterocycles. The van der Waals surface area contributed by atoms with Gasteiger partial charge >= 0.3 is 0 Å². The molecule has 0 unspecified atom stereocenters. The third kappa shape index (κ3) is 3.28. The summed E-state index contributed by atoms with van der Waals surface area (Å²) in [5.41, 5.74) is -0.561. The number of carboxylic acids is 2. The van der Waals surface area contributed by atoms with Gasteiger partial charge in [0.25, 0.3) is 0 Å². The number of benzene rings is 1. The smallest absolute Gasteiger partial charge is 0.162 e. The number of fused-ring (bicyclic) bond motifs is 1. The Balaban J connectivity index is 2.51. The summed E-state index contributed by atoms with van der Waals surface area (Å²) in [5, 5.41) is 24.4. The van der Waals surface area contributed by atoms with Crippen LogP contribution in [0.4, 0.5) is 5.82 Å². The molecule has 0 aliphatic rings. The van der Waals surface area contributed by atoms with Gasteiger partial charge in [-0.15, -0.1) is 0 Å². The van der Waals surface area contributed by atoms with E-state index in [1.165, 1.54) is 20.5 Å². The number of hydrogen-bond acceptors (Lipinski definition) is 9. The Labute approximate surface area is 130 Å². The van der Waals surface area contributed by atoms with Crippen LogP contribution in [-0.2, 0) is 9.59 Å². The molecule has 23 heavy (non-hydrogen) atoms. The first kappa shape index (κ1) is 16.0. The molecule has 9 heteroatoms. The Hall–Kier alpha value is -3.36. The highest BCUT2D eigenvalue weighted by Crippen LogP contribution is 2.33. The highest BCUT2D eigenvalue weighted by Gasteiger charge is 2.10. The molecular weight excluding hydrogens is 306 g/mol. The minimum Gasteiger partial charge on any atom is -0.545 e. The minimum atomic E-state index is -1.88. The van der Waals surface area contributed by atoms with E-state index in [2.05, 4.69) is 15.3 Å². The monoisotopic (exact) mass is 317 g/mol. The number of carbonyl (C=O) groups excluding carboxylic acids is 2. The lowest BCUT2D eigenvalue weighted by atomic mass is 10.2. The molecule has 0 saturated heterocycles. The van der Waals surface area contributed by atoms with E-state index in [1.54, 1.807) is 12.1 Å². The fourth-order valence-electron chi connectivity index (χ4n) is 1.84. The average Bonchev–Trinajstić information content (AvgIpc) is 2.53. The predicted molar refractivity (Wildman–Crippen MR) is 74.4 cm³/mol. The van der Waals surface area contributed by atoms with Crippen molar-refractivity contribution < 1.29 is 29.3 Å². The average molecular weight is 317 g/mol. The highest BCUT2D eigenvalue weighted by molar-refractivity contribution is 6.11. The summed E-state index contributed by atoms with van der Waals surface area (Å²) in [7, 11) is 2.92. The van der Waals surface area contributed by atoms with E-state index >= 15 is 0 Å². The number of anilines is 1. The van der Waals surface area contributed by atoms with Crippen LogP contribution in [0.2, 0.25) is 0 Å². The summed E-state index contributed by atoms with van der Waals surface area (Å²) in [6.07, 6.45) is 1.95. The maximum Gasteiger partial charge on any atom is 0.162 e. The van der Waals surface area contributed by atoms with E-state index in [-0.39, 0.29) is 5.82 Å². The Morgan fingerprint density at radius 1 is 1.09 bits per heavy atom. The third-order valence-electron chi connectivity index (χ3n) is 2.93.